The molecule has 10 heteroatoms. The smallest absolute Gasteiger partial charge is 0.260 e. The van der Waals surface area contributed by atoms with Crippen molar-refractivity contribution in [2.24, 2.45) is 23.7 Å². The summed E-state index contributed by atoms with van der Waals surface area (Å²) in [6.07, 6.45) is 3.23. The molecule has 0 aromatic heterocycles. The number of hydrogen-bond donors (Lipinski definition) is 2. The Morgan fingerprint density at radius 3 is 2.18 bits per heavy atom. The lowest BCUT2D eigenvalue weighted by atomic mass is 9.49. The summed E-state index contributed by atoms with van der Waals surface area (Å²) in [5.74, 6) is -5.62. The normalized spacial score (nSPS) is 27.2. The van der Waals surface area contributed by atoms with E-state index in [0.717, 1.165) is 22.6 Å². The fourth-order valence-electron chi connectivity index (χ4n) is 8.83. The van der Waals surface area contributed by atoms with E-state index in [1.807, 2.05) is 25.1 Å². The SMILES string of the molecule is CCc1ccc(N2C(=O)[C@H]3[C@H](CC=C4[C@H]3C[C@H]3C(=O)N(Nc5ccc(F)cc5)C(=O)[C@@]3(c3ccc(Cl)cc3)[C@H]4c3ccc(O)cc3)C2=O)cc1. The van der Waals surface area contributed by atoms with Gasteiger partial charge < -0.3 is 5.11 Å². The Bertz CT molecular complexity index is 2070. The van der Waals surface area contributed by atoms with Crippen LogP contribution in [0.1, 0.15) is 42.4 Å². The lowest BCUT2D eigenvalue weighted by Crippen LogP contribution is -2.53. The number of hydrazine groups is 1. The Balaban J connectivity index is 1.30. The zero-order valence-corrected chi connectivity index (χ0v) is 27.8. The van der Waals surface area contributed by atoms with Gasteiger partial charge in [-0.3, -0.25) is 29.5 Å². The highest BCUT2D eigenvalue weighted by atomic mass is 35.5. The van der Waals surface area contributed by atoms with Crippen molar-refractivity contribution in [3.8, 4) is 5.75 Å². The molecule has 0 spiro atoms. The largest absolute Gasteiger partial charge is 0.508 e. The number of hydrogen-bond acceptors (Lipinski definition) is 6. The number of phenols is 1. The van der Waals surface area contributed by atoms with Gasteiger partial charge in [0.05, 0.1) is 34.5 Å². The van der Waals surface area contributed by atoms with Crippen molar-refractivity contribution >= 4 is 46.6 Å². The third kappa shape index (κ3) is 4.70. The van der Waals surface area contributed by atoms with Gasteiger partial charge in [0.1, 0.15) is 11.6 Å². The first-order chi connectivity index (χ1) is 24.1. The number of allylic oxidation sites excluding steroid dienone is 2. The third-order valence-electron chi connectivity index (χ3n) is 11.1. The highest BCUT2D eigenvalue weighted by Crippen LogP contribution is 2.64. The minimum absolute atomic E-state index is 0.0330. The molecule has 2 aliphatic carbocycles. The quantitative estimate of drug-likeness (QED) is 0.168. The summed E-state index contributed by atoms with van der Waals surface area (Å²) in [5, 5.41) is 11.7. The van der Waals surface area contributed by atoms with Crippen LogP contribution in [0.3, 0.4) is 0 Å². The van der Waals surface area contributed by atoms with Gasteiger partial charge in [0, 0.05) is 10.9 Å². The molecular formula is C40H33ClFN3O5. The molecule has 50 heavy (non-hydrogen) atoms. The number of carbonyl (C=O) groups is 4. The van der Waals surface area contributed by atoms with E-state index < -0.39 is 52.6 Å². The van der Waals surface area contributed by atoms with Crippen LogP contribution < -0.4 is 10.3 Å². The molecule has 2 N–H and O–H groups in total. The van der Waals surface area contributed by atoms with Gasteiger partial charge in [0.15, 0.2) is 0 Å². The van der Waals surface area contributed by atoms with Gasteiger partial charge in [0.25, 0.3) is 11.8 Å². The minimum Gasteiger partial charge on any atom is -0.508 e. The van der Waals surface area contributed by atoms with Crippen LogP contribution in [0.5, 0.6) is 5.75 Å². The molecule has 8 nitrogen and oxygen atoms in total. The van der Waals surface area contributed by atoms with Gasteiger partial charge in [-0.15, -0.1) is 0 Å². The number of fused-ring (bicyclic) bond motifs is 4. The number of rotatable bonds is 6. The molecule has 4 aromatic carbocycles. The first-order valence-corrected chi connectivity index (χ1v) is 17.1. The maximum absolute atomic E-state index is 15.1. The second-order valence-electron chi connectivity index (χ2n) is 13.5. The predicted octanol–water partition coefficient (Wildman–Crippen LogP) is 6.94. The van der Waals surface area contributed by atoms with Crippen LogP contribution in [0.2, 0.25) is 5.02 Å². The standard InChI is InChI=1S/C40H33ClFN3O5/c1-2-22-3-15-28(16-4-22)44-36(47)31-20-19-30-32(34(31)38(44)49)21-33-37(48)45(43-27-13-11-26(42)12-14-27)39(50)40(33,24-7-9-25(41)10-8-24)35(30)23-5-17-29(46)18-6-23/h3-19,31-35,43,46H,2,20-21H2,1H3/t31-,32+,33-,34-,35-,40+/m0/s1. The van der Waals surface area contributed by atoms with Gasteiger partial charge in [-0.25, -0.2) is 4.39 Å². The number of amides is 4. The summed E-state index contributed by atoms with van der Waals surface area (Å²) in [6.45, 7) is 2.03. The Morgan fingerprint density at radius 2 is 1.52 bits per heavy atom. The molecule has 8 rings (SSSR count). The van der Waals surface area contributed by atoms with Crippen LogP contribution in [0.4, 0.5) is 15.8 Å². The Hall–Kier alpha value is -5.28. The molecule has 2 heterocycles. The van der Waals surface area contributed by atoms with Crippen molar-refractivity contribution in [2.75, 3.05) is 10.3 Å². The van der Waals surface area contributed by atoms with Crippen molar-refractivity contribution in [3.63, 3.8) is 0 Å². The number of anilines is 2. The van der Waals surface area contributed by atoms with E-state index in [4.69, 9.17) is 11.6 Å². The molecule has 0 unspecified atom stereocenters. The summed E-state index contributed by atoms with van der Waals surface area (Å²) in [6, 6.07) is 26.2. The van der Waals surface area contributed by atoms with E-state index in [1.165, 1.54) is 41.3 Å². The van der Waals surface area contributed by atoms with Crippen LogP contribution in [0.25, 0.3) is 0 Å². The number of benzene rings is 4. The molecule has 0 bridgehead atoms. The maximum Gasteiger partial charge on any atom is 0.260 e. The number of aryl methyl sites for hydroxylation is 1. The van der Waals surface area contributed by atoms with Crippen molar-refractivity contribution in [1.29, 1.82) is 0 Å². The average molecular weight is 690 g/mol. The lowest BCUT2D eigenvalue weighted by Gasteiger charge is -2.50. The summed E-state index contributed by atoms with van der Waals surface area (Å²) in [7, 11) is 0. The van der Waals surface area contributed by atoms with Gasteiger partial charge in [-0.05, 0) is 103 Å². The fraction of sp³-hybridized carbons (Fsp3) is 0.250. The van der Waals surface area contributed by atoms with Crippen LogP contribution in [-0.2, 0) is 31.0 Å². The molecule has 1 saturated carbocycles. The number of nitrogens with one attached hydrogen (secondary N) is 1. The molecule has 4 amide bonds. The van der Waals surface area contributed by atoms with E-state index in [9.17, 15) is 23.9 Å². The second kappa shape index (κ2) is 11.9. The van der Waals surface area contributed by atoms with Crippen molar-refractivity contribution < 1.29 is 28.7 Å². The molecule has 2 aliphatic heterocycles. The number of imide groups is 2. The second-order valence-corrected chi connectivity index (χ2v) is 13.9. The van der Waals surface area contributed by atoms with E-state index in [1.54, 1.807) is 48.5 Å². The average Bonchev–Trinajstić information content (AvgIpc) is 3.50. The molecular weight excluding hydrogens is 657 g/mol. The Labute approximate surface area is 293 Å². The van der Waals surface area contributed by atoms with Crippen LogP contribution in [-0.4, -0.2) is 33.7 Å². The molecule has 6 atom stereocenters. The van der Waals surface area contributed by atoms with Crippen LogP contribution in [0, 0.1) is 29.5 Å². The molecule has 3 fully saturated rings. The molecule has 4 aromatic rings. The van der Waals surface area contributed by atoms with Crippen molar-refractivity contribution in [1.82, 2.24) is 5.01 Å². The van der Waals surface area contributed by atoms with Gasteiger partial charge >= 0.3 is 0 Å². The summed E-state index contributed by atoms with van der Waals surface area (Å²) >= 11 is 6.34. The van der Waals surface area contributed by atoms with Crippen molar-refractivity contribution in [3.05, 3.63) is 136 Å². The monoisotopic (exact) mass is 689 g/mol. The Morgan fingerprint density at radius 1 is 0.840 bits per heavy atom. The highest BCUT2D eigenvalue weighted by molar-refractivity contribution is 6.30. The molecule has 0 radical (unpaired) electrons. The zero-order chi connectivity index (χ0) is 34.9. The highest BCUT2D eigenvalue weighted by Gasteiger charge is 2.70. The summed E-state index contributed by atoms with van der Waals surface area (Å²) in [5.41, 5.74) is 5.44. The number of phenolic OH excluding ortho intramolecular Hbond substituents is 1. The summed E-state index contributed by atoms with van der Waals surface area (Å²) < 4.78 is 13.8. The van der Waals surface area contributed by atoms with Crippen LogP contribution >= 0.6 is 11.6 Å². The van der Waals surface area contributed by atoms with Gasteiger partial charge in [0.2, 0.25) is 11.8 Å². The first-order valence-electron chi connectivity index (χ1n) is 16.8. The molecule has 252 valence electrons. The van der Waals surface area contributed by atoms with E-state index in [0.29, 0.717) is 33.9 Å². The summed E-state index contributed by atoms with van der Waals surface area (Å²) in [4.78, 5) is 59.5. The number of carbonyl (C=O) groups excluding carboxylic acids is 4. The zero-order valence-electron chi connectivity index (χ0n) is 27.1. The van der Waals surface area contributed by atoms with Crippen LogP contribution in [0.15, 0.2) is 109 Å². The van der Waals surface area contributed by atoms with E-state index in [-0.39, 0.29) is 24.0 Å². The first kappa shape index (κ1) is 32.0. The Kier molecular flexibility index (Phi) is 7.64. The van der Waals surface area contributed by atoms with Crippen molar-refractivity contribution in [2.45, 2.75) is 37.5 Å². The fourth-order valence-corrected chi connectivity index (χ4v) is 8.96. The predicted molar refractivity (Wildman–Crippen MR) is 185 cm³/mol. The number of aromatic hydroxyl groups is 1. The van der Waals surface area contributed by atoms with Gasteiger partial charge in [-0.1, -0.05) is 66.6 Å². The number of halogens is 2. The third-order valence-corrected chi connectivity index (χ3v) is 11.3. The molecule has 2 saturated heterocycles. The maximum atomic E-state index is 15.1. The van der Waals surface area contributed by atoms with Gasteiger partial charge in [-0.2, -0.15) is 5.01 Å². The molecule has 4 aliphatic rings. The number of nitrogens with zero attached hydrogens (tertiary/aromatic N) is 2. The van der Waals surface area contributed by atoms with E-state index in [2.05, 4.69) is 5.43 Å². The minimum atomic E-state index is -1.48. The topological polar surface area (TPSA) is 107 Å². The van der Waals surface area contributed by atoms with E-state index >= 15 is 4.79 Å². The lowest BCUT2D eigenvalue weighted by molar-refractivity contribution is -0.138.